The van der Waals surface area contributed by atoms with Crippen LogP contribution in [0.25, 0.3) is 0 Å². The summed E-state index contributed by atoms with van der Waals surface area (Å²) < 4.78 is 11.2. The van der Waals surface area contributed by atoms with Gasteiger partial charge in [0.2, 0.25) is 5.91 Å². The number of benzene rings is 2. The molecule has 0 bridgehead atoms. The van der Waals surface area contributed by atoms with E-state index in [9.17, 15) is 4.79 Å². The van der Waals surface area contributed by atoms with Crippen LogP contribution in [0, 0.1) is 0 Å². The molecule has 2 aromatic rings. The van der Waals surface area contributed by atoms with E-state index in [4.69, 9.17) is 9.47 Å². The average Bonchev–Trinajstić information content (AvgIpc) is 3.09. The Kier molecular flexibility index (Phi) is 5.36. The lowest BCUT2D eigenvalue weighted by atomic mass is 10.1. The predicted molar refractivity (Wildman–Crippen MR) is 93.4 cm³/mol. The van der Waals surface area contributed by atoms with E-state index in [1.165, 1.54) is 0 Å². The van der Waals surface area contributed by atoms with E-state index in [1.54, 1.807) is 7.11 Å². The van der Waals surface area contributed by atoms with Gasteiger partial charge in [-0.2, -0.15) is 0 Å². The van der Waals surface area contributed by atoms with E-state index in [0.29, 0.717) is 13.0 Å². The van der Waals surface area contributed by atoms with Gasteiger partial charge in [0.05, 0.1) is 13.7 Å². The van der Waals surface area contributed by atoms with Crippen molar-refractivity contribution in [3.8, 4) is 11.5 Å². The normalized spacial score (nSPS) is 16.9. The zero-order valence-corrected chi connectivity index (χ0v) is 14.0. The topological polar surface area (TPSA) is 38.8 Å². The largest absolute Gasteiger partial charge is 0.497 e. The Balaban J connectivity index is 1.47. The first-order valence-electron chi connectivity index (χ1n) is 8.37. The summed E-state index contributed by atoms with van der Waals surface area (Å²) in [5.74, 6) is 1.89. The number of methoxy groups -OCH3 is 1. The van der Waals surface area contributed by atoms with Gasteiger partial charge in [0.15, 0.2) is 0 Å². The monoisotopic (exact) mass is 325 g/mol. The van der Waals surface area contributed by atoms with Crippen LogP contribution in [-0.2, 0) is 11.2 Å². The number of ether oxygens (including phenoxy) is 2. The fourth-order valence-corrected chi connectivity index (χ4v) is 2.98. The molecule has 0 N–H and O–H groups in total. The van der Waals surface area contributed by atoms with Crippen molar-refractivity contribution in [2.24, 2.45) is 0 Å². The number of likely N-dealkylation sites (tertiary alicyclic amines) is 1. The maximum Gasteiger partial charge on any atom is 0.223 e. The molecule has 1 amide bonds. The molecule has 0 aromatic heterocycles. The fourth-order valence-electron chi connectivity index (χ4n) is 2.98. The van der Waals surface area contributed by atoms with Gasteiger partial charge in [-0.25, -0.2) is 0 Å². The summed E-state index contributed by atoms with van der Waals surface area (Å²) in [5, 5.41) is 0. The highest BCUT2D eigenvalue weighted by molar-refractivity contribution is 5.76. The van der Waals surface area contributed by atoms with E-state index in [2.05, 4.69) is 0 Å². The molecule has 4 nitrogen and oxygen atoms in total. The Morgan fingerprint density at radius 3 is 2.71 bits per heavy atom. The molecule has 2 aromatic carbocycles. The second-order valence-electron chi connectivity index (χ2n) is 6.03. The van der Waals surface area contributed by atoms with Crippen LogP contribution in [0.1, 0.15) is 18.4 Å². The Hall–Kier alpha value is -2.49. The highest BCUT2D eigenvalue weighted by Crippen LogP contribution is 2.19. The van der Waals surface area contributed by atoms with Crippen LogP contribution < -0.4 is 9.47 Å². The van der Waals surface area contributed by atoms with Crippen LogP contribution in [0.4, 0.5) is 0 Å². The van der Waals surface area contributed by atoms with Gasteiger partial charge in [0.25, 0.3) is 0 Å². The van der Waals surface area contributed by atoms with Crippen molar-refractivity contribution >= 4 is 5.91 Å². The third kappa shape index (κ3) is 4.28. The smallest absolute Gasteiger partial charge is 0.223 e. The summed E-state index contributed by atoms with van der Waals surface area (Å²) in [6.45, 7) is 1.44. The first kappa shape index (κ1) is 16.4. The van der Waals surface area contributed by atoms with Crippen molar-refractivity contribution in [2.45, 2.75) is 25.4 Å². The van der Waals surface area contributed by atoms with Gasteiger partial charge >= 0.3 is 0 Å². The first-order valence-corrected chi connectivity index (χ1v) is 8.37. The van der Waals surface area contributed by atoms with Gasteiger partial charge < -0.3 is 14.4 Å². The molecule has 0 saturated carbocycles. The molecule has 0 spiro atoms. The van der Waals surface area contributed by atoms with Crippen LogP contribution in [-0.4, -0.2) is 37.1 Å². The number of carbonyl (C=O) groups excluding carboxylic acids is 1. The third-order valence-electron chi connectivity index (χ3n) is 4.31. The minimum atomic E-state index is 0.0909. The zero-order valence-electron chi connectivity index (χ0n) is 14.0. The Morgan fingerprint density at radius 2 is 1.92 bits per heavy atom. The quantitative estimate of drug-likeness (QED) is 0.818. The first-order chi connectivity index (χ1) is 11.7. The van der Waals surface area contributed by atoms with Crippen molar-refractivity contribution in [1.29, 1.82) is 0 Å². The number of carbonyl (C=O) groups is 1. The van der Waals surface area contributed by atoms with Crippen molar-refractivity contribution in [2.75, 3.05) is 20.2 Å². The maximum atomic E-state index is 12.4. The molecule has 1 fully saturated rings. The van der Waals surface area contributed by atoms with Gasteiger partial charge in [-0.15, -0.1) is 0 Å². The fraction of sp³-hybridized carbons (Fsp3) is 0.350. The van der Waals surface area contributed by atoms with Crippen LogP contribution in [0.5, 0.6) is 11.5 Å². The molecule has 1 heterocycles. The summed E-state index contributed by atoms with van der Waals surface area (Å²) in [5.41, 5.74) is 1.12. The molecule has 1 aliphatic rings. The van der Waals surface area contributed by atoms with Crippen molar-refractivity contribution in [3.05, 3.63) is 60.2 Å². The maximum absolute atomic E-state index is 12.4. The Bertz CT molecular complexity index is 672. The summed E-state index contributed by atoms with van der Waals surface area (Å²) in [7, 11) is 1.65. The average molecular weight is 325 g/mol. The summed E-state index contributed by atoms with van der Waals surface area (Å²) in [6, 6.07) is 17.7. The molecular weight excluding hydrogens is 302 g/mol. The highest BCUT2D eigenvalue weighted by Gasteiger charge is 2.27. The van der Waals surface area contributed by atoms with Gasteiger partial charge in [0.1, 0.15) is 17.6 Å². The second-order valence-corrected chi connectivity index (χ2v) is 6.03. The SMILES string of the molecule is COc1cccc(CCC(=O)N2CCC(Oc3ccccc3)C2)c1. The molecule has 1 unspecified atom stereocenters. The van der Waals surface area contributed by atoms with E-state index in [0.717, 1.165) is 36.4 Å². The number of hydrogen-bond acceptors (Lipinski definition) is 3. The third-order valence-corrected chi connectivity index (χ3v) is 4.31. The molecule has 126 valence electrons. The number of hydrogen-bond donors (Lipinski definition) is 0. The van der Waals surface area contributed by atoms with Crippen LogP contribution in [0.2, 0.25) is 0 Å². The minimum Gasteiger partial charge on any atom is -0.497 e. The molecular formula is C20H23NO3. The van der Waals surface area contributed by atoms with Crippen LogP contribution >= 0.6 is 0 Å². The van der Waals surface area contributed by atoms with Gasteiger partial charge in [-0.3, -0.25) is 4.79 Å². The molecule has 0 aliphatic carbocycles. The number of para-hydroxylation sites is 1. The van der Waals surface area contributed by atoms with Crippen LogP contribution in [0.15, 0.2) is 54.6 Å². The summed E-state index contributed by atoms with van der Waals surface area (Å²) >= 11 is 0. The lowest BCUT2D eigenvalue weighted by molar-refractivity contribution is -0.130. The minimum absolute atomic E-state index is 0.0909. The number of nitrogens with zero attached hydrogens (tertiary/aromatic N) is 1. The number of aryl methyl sites for hydroxylation is 1. The van der Waals surface area contributed by atoms with Gasteiger partial charge in [-0.1, -0.05) is 30.3 Å². The van der Waals surface area contributed by atoms with Gasteiger partial charge in [-0.05, 0) is 36.2 Å². The van der Waals surface area contributed by atoms with E-state index in [-0.39, 0.29) is 12.0 Å². The van der Waals surface area contributed by atoms with Crippen molar-refractivity contribution in [1.82, 2.24) is 4.90 Å². The number of rotatable bonds is 6. The van der Waals surface area contributed by atoms with Crippen molar-refractivity contribution in [3.63, 3.8) is 0 Å². The molecule has 1 atom stereocenters. The zero-order chi connectivity index (χ0) is 16.8. The molecule has 1 aliphatic heterocycles. The van der Waals surface area contributed by atoms with Gasteiger partial charge in [0, 0.05) is 19.4 Å². The molecule has 3 rings (SSSR count). The Morgan fingerprint density at radius 1 is 1.12 bits per heavy atom. The molecule has 24 heavy (non-hydrogen) atoms. The lowest BCUT2D eigenvalue weighted by Crippen LogP contribution is -2.31. The lowest BCUT2D eigenvalue weighted by Gasteiger charge is -2.17. The summed E-state index contributed by atoms with van der Waals surface area (Å²) in [6.07, 6.45) is 2.23. The standard InChI is InChI=1S/C20H23NO3/c1-23-18-9-5-6-16(14-18)10-11-20(22)21-13-12-19(15-21)24-17-7-3-2-4-8-17/h2-9,14,19H,10-13,15H2,1H3. The summed E-state index contributed by atoms with van der Waals surface area (Å²) in [4.78, 5) is 14.3. The van der Waals surface area contributed by atoms with E-state index >= 15 is 0 Å². The van der Waals surface area contributed by atoms with Crippen LogP contribution in [0.3, 0.4) is 0 Å². The predicted octanol–water partition coefficient (Wildman–Crippen LogP) is 3.31. The number of amides is 1. The molecule has 0 radical (unpaired) electrons. The molecule has 1 saturated heterocycles. The highest BCUT2D eigenvalue weighted by atomic mass is 16.5. The Labute approximate surface area is 143 Å². The van der Waals surface area contributed by atoms with E-state index < -0.39 is 0 Å². The molecule has 4 heteroatoms. The van der Waals surface area contributed by atoms with E-state index in [1.807, 2.05) is 59.5 Å². The second kappa shape index (κ2) is 7.86. The van der Waals surface area contributed by atoms with Crippen molar-refractivity contribution < 1.29 is 14.3 Å².